The molecule has 0 radical (unpaired) electrons. The summed E-state index contributed by atoms with van der Waals surface area (Å²) in [7, 11) is 3.31. The monoisotopic (exact) mass is 426 g/mol. The molecule has 0 spiro atoms. The van der Waals surface area contributed by atoms with Gasteiger partial charge in [0, 0.05) is 37.4 Å². The highest BCUT2D eigenvalue weighted by atomic mass is 16.5. The summed E-state index contributed by atoms with van der Waals surface area (Å²) in [4.78, 5) is 7.00. The summed E-state index contributed by atoms with van der Waals surface area (Å²) in [6, 6.07) is 15.9. The number of rotatable bonds is 8. The van der Waals surface area contributed by atoms with Gasteiger partial charge in [-0.2, -0.15) is 0 Å². The predicted molar refractivity (Wildman–Crippen MR) is 125 cm³/mol. The molecule has 31 heavy (non-hydrogen) atoms. The zero-order chi connectivity index (χ0) is 22.1. The van der Waals surface area contributed by atoms with E-state index in [0.29, 0.717) is 0 Å². The van der Waals surface area contributed by atoms with Crippen molar-refractivity contribution in [3.05, 3.63) is 54.1 Å². The second kappa shape index (κ2) is 11.5. The van der Waals surface area contributed by atoms with Crippen LogP contribution in [0.1, 0.15) is 31.4 Å². The molecule has 0 saturated carbocycles. The fourth-order valence-corrected chi connectivity index (χ4v) is 3.78. The molecule has 3 rings (SSSR count). The summed E-state index contributed by atoms with van der Waals surface area (Å²) in [6.07, 6.45) is 1.48. The Morgan fingerprint density at radius 3 is 2.65 bits per heavy atom. The number of methoxy groups -OCH3 is 2. The lowest BCUT2D eigenvalue weighted by atomic mass is 10.0. The van der Waals surface area contributed by atoms with Crippen molar-refractivity contribution < 1.29 is 14.6 Å². The van der Waals surface area contributed by atoms with Gasteiger partial charge in [-0.15, -0.1) is 0 Å². The standard InChI is InChI=1S/C24H34N4O3/c1-4-25-24(26-16-23(29)18-8-5-11-21(14-18)30-2)27-19-9-7-13-28(17-19)20-10-6-12-22(15-20)31-3/h5-6,8,10-12,14-15,19,23,29H,4,7,9,13,16-17H2,1-3H3,(H2,25,26,27). The average Bonchev–Trinajstić information content (AvgIpc) is 2.82. The molecule has 7 nitrogen and oxygen atoms in total. The number of aliphatic imine (C=N–C) groups is 1. The SMILES string of the molecule is CCNC(=NCC(O)c1cccc(OC)c1)NC1CCCN(c2cccc(OC)c2)C1. The number of piperidine rings is 1. The van der Waals surface area contributed by atoms with Crippen LogP contribution in [0.5, 0.6) is 11.5 Å². The molecule has 1 aliphatic heterocycles. The maximum atomic E-state index is 10.6. The first-order valence-electron chi connectivity index (χ1n) is 10.9. The van der Waals surface area contributed by atoms with Crippen LogP contribution in [0.3, 0.4) is 0 Å². The number of hydrogen-bond acceptors (Lipinski definition) is 5. The third-order valence-electron chi connectivity index (χ3n) is 5.43. The molecule has 2 atom stereocenters. The van der Waals surface area contributed by atoms with Gasteiger partial charge in [-0.25, -0.2) is 0 Å². The Kier molecular flexibility index (Phi) is 8.41. The van der Waals surface area contributed by atoms with Crippen molar-refractivity contribution in [1.82, 2.24) is 10.6 Å². The first-order valence-corrected chi connectivity index (χ1v) is 10.9. The second-order valence-electron chi connectivity index (χ2n) is 7.64. The first kappa shape index (κ1) is 22.7. The van der Waals surface area contributed by atoms with E-state index < -0.39 is 6.10 Å². The third kappa shape index (κ3) is 6.52. The van der Waals surface area contributed by atoms with E-state index in [9.17, 15) is 5.11 Å². The number of benzene rings is 2. The smallest absolute Gasteiger partial charge is 0.191 e. The Balaban J connectivity index is 1.62. The number of aliphatic hydroxyl groups is 1. The lowest BCUT2D eigenvalue weighted by molar-refractivity contribution is 0.186. The molecule has 2 aromatic carbocycles. The van der Waals surface area contributed by atoms with Gasteiger partial charge in [0.15, 0.2) is 5.96 Å². The molecule has 1 saturated heterocycles. The summed E-state index contributed by atoms with van der Waals surface area (Å²) >= 11 is 0. The van der Waals surface area contributed by atoms with E-state index in [1.54, 1.807) is 14.2 Å². The van der Waals surface area contributed by atoms with Gasteiger partial charge in [-0.05, 0) is 49.6 Å². The van der Waals surface area contributed by atoms with Crippen LogP contribution in [0.4, 0.5) is 5.69 Å². The quantitative estimate of drug-likeness (QED) is 0.445. The van der Waals surface area contributed by atoms with Crippen LogP contribution < -0.4 is 25.0 Å². The Hall–Kier alpha value is -2.93. The van der Waals surface area contributed by atoms with Crippen LogP contribution in [0.2, 0.25) is 0 Å². The molecule has 1 aliphatic rings. The molecule has 0 aliphatic carbocycles. The maximum absolute atomic E-state index is 10.6. The Bertz CT molecular complexity index is 858. The topological polar surface area (TPSA) is 78.4 Å². The molecule has 7 heteroatoms. The number of nitrogens with one attached hydrogen (secondary N) is 2. The number of aliphatic hydroxyl groups excluding tert-OH is 1. The molecule has 0 bridgehead atoms. The number of nitrogens with zero attached hydrogens (tertiary/aromatic N) is 2. The van der Waals surface area contributed by atoms with Crippen molar-refractivity contribution in [3.63, 3.8) is 0 Å². The fourth-order valence-electron chi connectivity index (χ4n) is 3.78. The van der Waals surface area contributed by atoms with E-state index >= 15 is 0 Å². The average molecular weight is 427 g/mol. The summed E-state index contributed by atoms with van der Waals surface area (Å²) < 4.78 is 10.6. The highest BCUT2D eigenvalue weighted by Gasteiger charge is 2.21. The van der Waals surface area contributed by atoms with Crippen molar-refractivity contribution in [1.29, 1.82) is 0 Å². The van der Waals surface area contributed by atoms with Crippen LogP contribution in [0.15, 0.2) is 53.5 Å². The highest BCUT2D eigenvalue weighted by molar-refractivity contribution is 5.80. The second-order valence-corrected chi connectivity index (χ2v) is 7.64. The zero-order valence-corrected chi connectivity index (χ0v) is 18.7. The van der Waals surface area contributed by atoms with E-state index in [1.165, 1.54) is 5.69 Å². The lowest BCUT2D eigenvalue weighted by Gasteiger charge is -2.35. The summed E-state index contributed by atoms with van der Waals surface area (Å²) in [5.41, 5.74) is 1.96. The zero-order valence-electron chi connectivity index (χ0n) is 18.7. The van der Waals surface area contributed by atoms with E-state index in [4.69, 9.17) is 9.47 Å². The van der Waals surface area contributed by atoms with Crippen LogP contribution in [-0.4, -0.2) is 57.5 Å². The molecule has 1 fully saturated rings. The number of guanidine groups is 1. The number of anilines is 1. The Morgan fingerprint density at radius 2 is 1.90 bits per heavy atom. The minimum atomic E-state index is -0.690. The molecule has 168 valence electrons. The molecule has 0 aromatic heterocycles. The maximum Gasteiger partial charge on any atom is 0.191 e. The molecular formula is C24H34N4O3. The molecule has 2 unspecified atom stereocenters. The van der Waals surface area contributed by atoms with Gasteiger partial charge in [-0.1, -0.05) is 18.2 Å². The van der Waals surface area contributed by atoms with E-state index in [2.05, 4.69) is 32.7 Å². The van der Waals surface area contributed by atoms with Crippen molar-refractivity contribution in [3.8, 4) is 11.5 Å². The van der Waals surface area contributed by atoms with Crippen LogP contribution in [0, 0.1) is 0 Å². The summed E-state index contributed by atoms with van der Waals surface area (Å²) in [5, 5.41) is 17.4. The first-order chi connectivity index (χ1) is 15.1. The van der Waals surface area contributed by atoms with E-state index in [-0.39, 0.29) is 12.6 Å². The summed E-state index contributed by atoms with van der Waals surface area (Å²) in [6.45, 7) is 4.98. The minimum Gasteiger partial charge on any atom is -0.497 e. The molecule has 2 aromatic rings. The van der Waals surface area contributed by atoms with Crippen LogP contribution >= 0.6 is 0 Å². The third-order valence-corrected chi connectivity index (χ3v) is 5.43. The van der Waals surface area contributed by atoms with Gasteiger partial charge < -0.3 is 30.1 Å². The van der Waals surface area contributed by atoms with Gasteiger partial charge >= 0.3 is 0 Å². The Labute approximate surface area is 185 Å². The lowest BCUT2D eigenvalue weighted by Crippen LogP contribution is -2.51. The predicted octanol–water partition coefficient (Wildman–Crippen LogP) is 2.96. The fraction of sp³-hybridized carbons (Fsp3) is 0.458. The molecule has 0 amide bonds. The van der Waals surface area contributed by atoms with E-state index in [0.717, 1.165) is 55.5 Å². The van der Waals surface area contributed by atoms with Gasteiger partial charge in [-0.3, -0.25) is 4.99 Å². The van der Waals surface area contributed by atoms with Gasteiger partial charge in [0.2, 0.25) is 0 Å². The van der Waals surface area contributed by atoms with Gasteiger partial charge in [0.1, 0.15) is 11.5 Å². The number of ether oxygens (including phenoxy) is 2. The molecular weight excluding hydrogens is 392 g/mol. The van der Waals surface area contributed by atoms with Crippen molar-refractivity contribution in [2.45, 2.75) is 31.9 Å². The van der Waals surface area contributed by atoms with Crippen LogP contribution in [-0.2, 0) is 0 Å². The largest absolute Gasteiger partial charge is 0.497 e. The van der Waals surface area contributed by atoms with Crippen molar-refractivity contribution in [2.75, 3.05) is 45.3 Å². The number of hydrogen-bond donors (Lipinski definition) is 3. The highest BCUT2D eigenvalue weighted by Crippen LogP contribution is 2.24. The van der Waals surface area contributed by atoms with Gasteiger partial charge in [0.25, 0.3) is 0 Å². The molecule has 1 heterocycles. The van der Waals surface area contributed by atoms with E-state index in [1.807, 2.05) is 43.3 Å². The summed E-state index contributed by atoms with van der Waals surface area (Å²) in [5.74, 6) is 2.32. The Morgan fingerprint density at radius 1 is 1.16 bits per heavy atom. The minimum absolute atomic E-state index is 0.270. The van der Waals surface area contributed by atoms with Crippen molar-refractivity contribution in [2.24, 2.45) is 4.99 Å². The van der Waals surface area contributed by atoms with Crippen molar-refractivity contribution >= 4 is 11.6 Å². The normalized spacial score (nSPS) is 17.7. The van der Waals surface area contributed by atoms with Crippen LogP contribution in [0.25, 0.3) is 0 Å². The molecule has 3 N–H and O–H groups in total. The van der Waals surface area contributed by atoms with Gasteiger partial charge in [0.05, 0.1) is 26.9 Å².